The van der Waals surface area contributed by atoms with E-state index in [9.17, 15) is 14.3 Å². The van der Waals surface area contributed by atoms with Crippen LogP contribution in [0.2, 0.25) is 0 Å². The van der Waals surface area contributed by atoms with Crippen molar-refractivity contribution in [3.63, 3.8) is 0 Å². The highest BCUT2D eigenvalue weighted by molar-refractivity contribution is 9.10. The number of morpholine rings is 1. The van der Waals surface area contributed by atoms with Gasteiger partial charge in [0.15, 0.2) is 5.76 Å². The summed E-state index contributed by atoms with van der Waals surface area (Å²) in [4.78, 5) is 14.2. The van der Waals surface area contributed by atoms with Gasteiger partial charge in [0.05, 0.1) is 26.3 Å². The van der Waals surface area contributed by atoms with Gasteiger partial charge in [0.1, 0.15) is 11.6 Å². The maximum atomic E-state index is 13.8. The van der Waals surface area contributed by atoms with Crippen LogP contribution in [-0.4, -0.2) is 49.4 Å². The van der Waals surface area contributed by atoms with Crippen molar-refractivity contribution in [2.24, 2.45) is 0 Å². The molecule has 3 rings (SSSR count). The molecule has 0 radical (unpaired) electrons. The first-order chi connectivity index (χ1) is 14.0. The van der Waals surface area contributed by atoms with Gasteiger partial charge in [-0.3, -0.25) is 9.69 Å². The molecule has 2 heterocycles. The molecule has 0 spiro atoms. The second-order valence-electron chi connectivity index (χ2n) is 6.83. The normalized spacial score (nSPS) is 15.0. The van der Waals surface area contributed by atoms with E-state index in [4.69, 9.17) is 9.15 Å². The lowest BCUT2D eigenvalue weighted by molar-refractivity contribution is 0.0308. The lowest BCUT2D eigenvalue weighted by Gasteiger charge is -2.26. The average molecular weight is 470 g/mol. The summed E-state index contributed by atoms with van der Waals surface area (Å²) in [6.07, 6.45) is 0. The molecule has 0 saturated carbocycles. The van der Waals surface area contributed by atoms with Gasteiger partial charge in [-0.15, -0.1) is 0 Å². The number of hydrogen-bond donors (Lipinski definition) is 3. The molecule has 7 nitrogen and oxygen atoms in total. The number of benzene rings is 1. The van der Waals surface area contributed by atoms with Gasteiger partial charge >= 0.3 is 0 Å². The van der Waals surface area contributed by atoms with E-state index in [0.717, 1.165) is 13.1 Å². The van der Waals surface area contributed by atoms with Crippen molar-refractivity contribution in [3.05, 3.63) is 61.9 Å². The monoisotopic (exact) mass is 469 g/mol. The Bertz CT molecular complexity index is 871. The first kappa shape index (κ1) is 21.9. The average Bonchev–Trinajstić information content (AvgIpc) is 2.70. The van der Waals surface area contributed by atoms with E-state index in [2.05, 4.69) is 31.5 Å². The highest BCUT2D eigenvalue weighted by atomic mass is 79.9. The summed E-state index contributed by atoms with van der Waals surface area (Å²) >= 11 is 3.23. The van der Waals surface area contributed by atoms with Crippen LogP contribution in [0.25, 0.3) is 0 Å². The molecule has 0 aliphatic carbocycles. The minimum absolute atomic E-state index is 0.222. The van der Waals surface area contributed by atoms with E-state index < -0.39 is 5.43 Å². The lowest BCUT2D eigenvalue weighted by Crippen LogP contribution is -2.35. The molecule has 158 valence electrons. The summed E-state index contributed by atoms with van der Waals surface area (Å²) in [7, 11) is 0. The molecule has 1 aromatic heterocycles. The summed E-state index contributed by atoms with van der Waals surface area (Å²) in [6.45, 7) is 5.19. The maximum absolute atomic E-state index is 13.8. The Kier molecular flexibility index (Phi) is 8.19. The lowest BCUT2D eigenvalue weighted by atomic mass is 10.2. The van der Waals surface area contributed by atoms with Gasteiger partial charge in [-0.2, -0.15) is 0 Å². The molecule has 9 heteroatoms. The van der Waals surface area contributed by atoms with Gasteiger partial charge < -0.3 is 24.9 Å². The molecule has 3 N–H and O–H groups in total. The van der Waals surface area contributed by atoms with Crippen LogP contribution in [0.4, 0.5) is 4.39 Å². The number of halogens is 2. The number of rotatable bonds is 9. The van der Waals surface area contributed by atoms with Crippen molar-refractivity contribution in [2.45, 2.75) is 19.6 Å². The predicted molar refractivity (Wildman–Crippen MR) is 110 cm³/mol. The van der Waals surface area contributed by atoms with Gasteiger partial charge in [-0.1, -0.05) is 22.0 Å². The highest BCUT2D eigenvalue weighted by Gasteiger charge is 2.15. The fourth-order valence-electron chi connectivity index (χ4n) is 3.03. The number of nitrogens with one attached hydrogen (secondary N) is 2. The van der Waals surface area contributed by atoms with E-state index in [1.54, 1.807) is 12.1 Å². The number of aromatic hydroxyl groups is 1. The molecule has 1 fully saturated rings. The molecule has 0 unspecified atom stereocenters. The highest BCUT2D eigenvalue weighted by Crippen LogP contribution is 2.16. The maximum Gasteiger partial charge on any atom is 0.227 e. The van der Waals surface area contributed by atoms with E-state index >= 15 is 0 Å². The third-order valence-corrected chi connectivity index (χ3v) is 5.11. The smallest absolute Gasteiger partial charge is 0.227 e. The summed E-state index contributed by atoms with van der Waals surface area (Å²) in [5.74, 6) is 0.117. The zero-order valence-electron chi connectivity index (χ0n) is 16.0. The van der Waals surface area contributed by atoms with Gasteiger partial charge in [0.2, 0.25) is 11.2 Å². The van der Waals surface area contributed by atoms with Gasteiger partial charge in [-0.05, 0) is 12.1 Å². The van der Waals surface area contributed by atoms with E-state index in [1.807, 2.05) is 0 Å². The van der Waals surface area contributed by atoms with Crippen molar-refractivity contribution < 1.29 is 18.7 Å². The minimum Gasteiger partial charge on any atom is -0.502 e. The Balaban J connectivity index is 1.45. The molecular formula is C20H25BrFN3O4. The van der Waals surface area contributed by atoms with E-state index in [1.165, 1.54) is 12.1 Å². The number of ether oxygens (including phenoxy) is 1. The molecule has 0 bridgehead atoms. The molecule has 29 heavy (non-hydrogen) atoms. The molecular weight excluding hydrogens is 445 g/mol. The molecule has 1 aromatic carbocycles. The fraction of sp³-hybridized carbons (Fsp3) is 0.450. The van der Waals surface area contributed by atoms with Crippen LogP contribution in [-0.2, 0) is 24.4 Å². The van der Waals surface area contributed by atoms with Crippen LogP contribution < -0.4 is 16.1 Å². The number of hydrogen-bond acceptors (Lipinski definition) is 7. The third kappa shape index (κ3) is 6.61. The summed E-state index contributed by atoms with van der Waals surface area (Å²) in [6, 6.07) is 6.30. The number of nitrogens with zero attached hydrogens (tertiary/aromatic N) is 1. The van der Waals surface area contributed by atoms with E-state index in [0.29, 0.717) is 55.2 Å². The van der Waals surface area contributed by atoms with Crippen LogP contribution in [0.5, 0.6) is 5.75 Å². The summed E-state index contributed by atoms with van der Waals surface area (Å²) < 4.78 is 25.5. The first-order valence-corrected chi connectivity index (χ1v) is 10.3. The second-order valence-corrected chi connectivity index (χ2v) is 7.74. The van der Waals surface area contributed by atoms with Crippen LogP contribution in [0, 0.1) is 5.82 Å². The molecule has 1 aliphatic rings. The Morgan fingerprint density at radius 2 is 1.86 bits per heavy atom. The van der Waals surface area contributed by atoms with Crippen LogP contribution in [0.3, 0.4) is 0 Å². The zero-order valence-corrected chi connectivity index (χ0v) is 17.6. The molecule has 1 saturated heterocycles. The van der Waals surface area contributed by atoms with Gasteiger partial charge in [0, 0.05) is 48.8 Å². The second kappa shape index (κ2) is 10.8. The fourth-order valence-corrected chi connectivity index (χ4v) is 3.37. The van der Waals surface area contributed by atoms with Gasteiger partial charge in [0.25, 0.3) is 0 Å². The van der Waals surface area contributed by atoms with Crippen molar-refractivity contribution in [3.8, 4) is 5.75 Å². The van der Waals surface area contributed by atoms with E-state index in [-0.39, 0.29) is 23.9 Å². The molecule has 0 amide bonds. The topological polar surface area (TPSA) is 87.0 Å². The van der Waals surface area contributed by atoms with Crippen molar-refractivity contribution >= 4 is 15.9 Å². The van der Waals surface area contributed by atoms with Crippen molar-refractivity contribution in [1.29, 1.82) is 0 Å². The third-order valence-electron chi connectivity index (χ3n) is 4.62. The predicted octanol–water partition coefficient (Wildman–Crippen LogP) is 1.96. The van der Waals surface area contributed by atoms with Crippen molar-refractivity contribution in [2.75, 3.05) is 39.4 Å². The molecule has 2 aromatic rings. The van der Waals surface area contributed by atoms with Crippen molar-refractivity contribution in [1.82, 2.24) is 15.5 Å². The molecule has 0 atom stereocenters. The van der Waals surface area contributed by atoms with Gasteiger partial charge in [-0.25, -0.2) is 4.39 Å². The van der Waals surface area contributed by atoms with Crippen LogP contribution in [0.1, 0.15) is 17.1 Å². The minimum atomic E-state index is -0.444. The van der Waals surface area contributed by atoms with Crippen LogP contribution >= 0.6 is 15.9 Å². The van der Waals surface area contributed by atoms with Crippen LogP contribution in [0.15, 0.2) is 37.9 Å². The Morgan fingerprint density at radius 1 is 1.14 bits per heavy atom. The Labute approximate surface area is 177 Å². The first-order valence-electron chi connectivity index (χ1n) is 9.53. The SMILES string of the molecule is O=c1cc(CN2CCOCC2)oc(CNCCNCc2ccc(Br)cc2F)c1O. The quantitative estimate of drug-likeness (QED) is 0.483. The standard InChI is InChI=1S/C20H25BrFN3O4/c21-15-2-1-14(17(22)9-15)11-23-3-4-24-12-19-20(27)18(26)10-16(29-19)13-25-5-7-28-8-6-25/h1-2,9-10,23-24,27H,3-8,11-13H2. The largest absolute Gasteiger partial charge is 0.502 e. The molecule has 1 aliphatic heterocycles. The summed E-state index contributed by atoms with van der Waals surface area (Å²) in [5, 5.41) is 16.3. The Morgan fingerprint density at radius 3 is 2.59 bits per heavy atom. The summed E-state index contributed by atoms with van der Waals surface area (Å²) in [5.41, 5.74) is 0.146. The zero-order chi connectivity index (χ0) is 20.6. The Hall–Kier alpha value is -1.78.